The van der Waals surface area contributed by atoms with Crippen molar-refractivity contribution in [1.29, 1.82) is 0 Å². The normalized spacial score (nSPS) is 13.0. The quantitative estimate of drug-likeness (QED) is 0.342. The third-order valence-corrected chi connectivity index (χ3v) is 6.20. The largest absolute Gasteiger partial charge is 0.487 e. The molecule has 0 aliphatic carbocycles. The third-order valence-electron chi connectivity index (χ3n) is 6.20. The van der Waals surface area contributed by atoms with Crippen LogP contribution in [0.2, 0.25) is 0 Å². The summed E-state index contributed by atoms with van der Waals surface area (Å²) < 4.78 is 5.92. The SMILES string of the molecule is CC(C)C(C)(c1ccc(OCc2ccccn2)cc1)c1ccc(-c2cccnc2)cc1. The van der Waals surface area contributed by atoms with Gasteiger partial charge in [0.05, 0.1) is 5.69 Å². The topological polar surface area (TPSA) is 35.0 Å². The Morgan fingerprint density at radius 2 is 1.48 bits per heavy atom. The zero-order valence-electron chi connectivity index (χ0n) is 18.3. The average Bonchev–Trinajstić information content (AvgIpc) is 2.84. The van der Waals surface area contributed by atoms with Gasteiger partial charge in [-0.3, -0.25) is 9.97 Å². The summed E-state index contributed by atoms with van der Waals surface area (Å²) in [5, 5.41) is 0. The fraction of sp³-hybridized carbons (Fsp3) is 0.214. The molecule has 4 rings (SSSR count). The molecule has 0 N–H and O–H groups in total. The van der Waals surface area contributed by atoms with Gasteiger partial charge in [0.2, 0.25) is 0 Å². The molecule has 0 fully saturated rings. The molecule has 3 heteroatoms. The first-order valence-electron chi connectivity index (χ1n) is 10.7. The van der Waals surface area contributed by atoms with Gasteiger partial charge in [0.15, 0.2) is 0 Å². The number of hydrogen-bond donors (Lipinski definition) is 0. The minimum absolute atomic E-state index is 0.104. The second kappa shape index (κ2) is 9.13. The van der Waals surface area contributed by atoms with Crippen molar-refractivity contribution in [2.24, 2.45) is 5.92 Å². The van der Waals surface area contributed by atoms with Gasteiger partial charge in [0.25, 0.3) is 0 Å². The van der Waals surface area contributed by atoms with Crippen LogP contribution in [0.5, 0.6) is 5.75 Å². The van der Waals surface area contributed by atoms with Crippen molar-refractivity contribution in [3.63, 3.8) is 0 Å². The molecule has 31 heavy (non-hydrogen) atoms. The highest BCUT2D eigenvalue weighted by atomic mass is 16.5. The molecule has 0 aliphatic rings. The molecule has 3 nitrogen and oxygen atoms in total. The number of hydrogen-bond acceptors (Lipinski definition) is 3. The van der Waals surface area contributed by atoms with Gasteiger partial charge in [-0.2, -0.15) is 0 Å². The van der Waals surface area contributed by atoms with Crippen molar-refractivity contribution in [2.75, 3.05) is 0 Å². The highest BCUT2D eigenvalue weighted by Crippen LogP contribution is 2.40. The first kappa shape index (κ1) is 20.8. The molecule has 1 atom stereocenters. The predicted molar refractivity (Wildman–Crippen MR) is 126 cm³/mol. The summed E-state index contributed by atoms with van der Waals surface area (Å²) >= 11 is 0. The summed E-state index contributed by atoms with van der Waals surface area (Å²) in [5.41, 5.74) is 5.72. The van der Waals surface area contributed by atoms with E-state index in [0.717, 1.165) is 17.0 Å². The van der Waals surface area contributed by atoms with Crippen molar-refractivity contribution in [2.45, 2.75) is 32.8 Å². The number of aromatic nitrogens is 2. The minimum Gasteiger partial charge on any atom is -0.487 e. The van der Waals surface area contributed by atoms with Crippen molar-refractivity contribution >= 4 is 0 Å². The molecule has 4 aromatic rings. The number of pyridine rings is 2. The Hall–Kier alpha value is -3.46. The van der Waals surface area contributed by atoms with E-state index in [4.69, 9.17) is 4.74 Å². The van der Waals surface area contributed by atoms with Crippen molar-refractivity contribution in [1.82, 2.24) is 9.97 Å². The molecule has 2 aromatic heterocycles. The molecule has 0 amide bonds. The highest BCUT2D eigenvalue weighted by molar-refractivity contribution is 5.63. The third kappa shape index (κ3) is 4.51. The maximum atomic E-state index is 5.92. The summed E-state index contributed by atoms with van der Waals surface area (Å²) in [6.45, 7) is 7.35. The maximum absolute atomic E-state index is 5.92. The smallest absolute Gasteiger partial charge is 0.130 e. The summed E-state index contributed by atoms with van der Waals surface area (Å²) in [6, 6.07) is 27.3. The molecular formula is C28H28N2O. The van der Waals surface area contributed by atoms with Crippen LogP contribution >= 0.6 is 0 Å². The van der Waals surface area contributed by atoms with E-state index in [1.807, 2.05) is 30.5 Å². The lowest BCUT2D eigenvalue weighted by molar-refractivity contribution is 0.301. The van der Waals surface area contributed by atoms with Gasteiger partial charge in [-0.1, -0.05) is 69.3 Å². The number of benzene rings is 2. The standard InChI is InChI=1S/C28H28N2O/c1-21(2)28(3,24-11-9-22(10-12-24)23-7-6-17-29-19-23)25-13-15-27(16-14-25)31-20-26-8-4-5-18-30-26/h4-19,21H,20H2,1-3H3. The van der Waals surface area contributed by atoms with Gasteiger partial charge in [-0.25, -0.2) is 0 Å². The summed E-state index contributed by atoms with van der Waals surface area (Å²) in [4.78, 5) is 8.55. The van der Waals surface area contributed by atoms with E-state index in [9.17, 15) is 0 Å². The van der Waals surface area contributed by atoms with Gasteiger partial charge >= 0.3 is 0 Å². The number of rotatable bonds is 7. The van der Waals surface area contributed by atoms with Gasteiger partial charge in [0, 0.05) is 24.0 Å². The van der Waals surface area contributed by atoms with Crippen LogP contribution in [0.3, 0.4) is 0 Å². The molecule has 0 aliphatic heterocycles. The van der Waals surface area contributed by atoms with E-state index in [0.29, 0.717) is 12.5 Å². The fourth-order valence-electron chi connectivity index (χ4n) is 3.91. The monoisotopic (exact) mass is 408 g/mol. The number of nitrogens with zero attached hydrogens (tertiary/aromatic N) is 2. The molecule has 0 bridgehead atoms. The zero-order chi connectivity index (χ0) is 21.7. The first-order valence-corrected chi connectivity index (χ1v) is 10.7. The second-order valence-corrected chi connectivity index (χ2v) is 8.31. The van der Waals surface area contributed by atoms with Crippen LogP contribution in [0.25, 0.3) is 11.1 Å². The maximum Gasteiger partial charge on any atom is 0.130 e. The van der Waals surface area contributed by atoms with Gasteiger partial charge in [0.1, 0.15) is 12.4 Å². The van der Waals surface area contributed by atoms with E-state index < -0.39 is 0 Å². The Labute approximate surface area is 184 Å². The molecule has 1 unspecified atom stereocenters. The van der Waals surface area contributed by atoms with Crippen LogP contribution in [0, 0.1) is 5.92 Å². The fourth-order valence-corrected chi connectivity index (χ4v) is 3.91. The average molecular weight is 409 g/mol. The van der Waals surface area contributed by atoms with Crippen molar-refractivity contribution in [3.8, 4) is 16.9 Å². The lowest BCUT2D eigenvalue weighted by atomic mass is 9.68. The number of ether oxygens (including phenoxy) is 1. The molecule has 0 spiro atoms. The Balaban J connectivity index is 1.56. The summed E-state index contributed by atoms with van der Waals surface area (Å²) in [6.07, 6.45) is 5.49. The van der Waals surface area contributed by atoms with Crippen LogP contribution in [0.4, 0.5) is 0 Å². The molecule has 0 radical (unpaired) electrons. The van der Waals surface area contributed by atoms with E-state index in [1.165, 1.54) is 16.7 Å². The van der Waals surface area contributed by atoms with Crippen LogP contribution in [-0.4, -0.2) is 9.97 Å². The van der Waals surface area contributed by atoms with Crippen molar-refractivity contribution in [3.05, 3.63) is 114 Å². The molecule has 2 aromatic carbocycles. The lowest BCUT2D eigenvalue weighted by Crippen LogP contribution is -2.30. The molecule has 0 saturated carbocycles. The van der Waals surface area contributed by atoms with E-state index in [1.54, 1.807) is 12.4 Å². The Morgan fingerprint density at radius 1 is 0.774 bits per heavy atom. The van der Waals surface area contributed by atoms with Gasteiger partial charge in [-0.05, 0) is 58.5 Å². The van der Waals surface area contributed by atoms with E-state index >= 15 is 0 Å². The predicted octanol–water partition coefficient (Wildman–Crippen LogP) is 6.68. The van der Waals surface area contributed by atoms with Gasteiger partial charge in [-0.15, -0.1) is 0 Å². The molecular weight excluding hydrogens is 380 g/mol. The molecule has 0 saturated heterocycles. The van der Waals surface area contributed by atoms with Crippen molar-refractivity contribution < 1.29 is 4.74 Å². The van der Waals surface area contributed by atoms with E-state index in [-0.39, 0.29) is 5.41 Å². The zero-order valence-corrected chi connectivity index (χ0v) is 18.3. The highest BCUT2D eigenvalue weighted by Gasteiger charge is 2.32. The minimum atomic E-state index is -0.104. The van der Waals surface area contributed by atoms with Crippen LogP contribution in [-0.2, 0) is 12.0 Å². The Morgan fingerprint density at radius 3 is 2.06 bits per heavy atom. The summed E-state index contributed by atoms with van der Waals surface area (Å²) in [5.74, 6) is 1.28. The van der Waals surface area contributed by atoms with Crippen LogP contribution in [0.15, 0.2) is 97.5 Å². The Kier molecular flexibility index (Phi) is 6.13. The summed E-state index contributed by atoms with van der Waals surface area (Å²) in [7, 11) is 0. The molecule has 156 valence electrons. The van der Waals surface area contributed by atoms with Gasteiger partial charge < -0.3 is 4.74 Å². The lowest BCUT2D eigenvalue weighted by Gasteiger charge is -2.35. The van der Waals surface area contributed by atoms with Crippen LogP contribution in [0.1, 0.15) is 37.6 Å². The molecule has 2 heterocycles. The second-order valence-electron chi connectivity index (χ2n) is 8.31. The first-order chi connectivity index (χ1) is 15.1. The Bertz CT molecular complexity index is 1090. The van der Waals surface area contributed by atoms with Crippen LogP contribution < -0.4 is 4.74 Å². The van der Waals surface area contributed by atoms with E-state index in [2.05, 4.69) is 85.3 Å².